The number of hydrogen-bond acceptors (Lipinski definition) is 3. The minimum Gasteiger partial charge on any atom is -0.396 e. The van der Waals surface area contributed by atoms with Crippen molar-refractivity contribution in [1.82, 2.24) is 0 Å². The van der Waals surface area contributed by atoms with E-state index in [1.807, 2.05) is 0 Å². The van der Waals surface area contributed by atoms with Gasteiger partial charge in [-0.2, -0.15) is 0 Å². The molecule has 0 aliphatic rings. The van der Waals surface area contributed by atoms with Crippen LogP contribution in [-0.4, -0.2) is 11.7 Å². The van der Waals surface area contributed by atoms with Gasteiger partial charge in [0.2, 0.25) is 0 Å². The highest BCUT2D eigenvalue weighted by molar-refractivity contribution is 5.43. The van der Waals surface area contributed by atoms with Gasteiger partial charge in [0.25, 0.3) is 0 Å². The predicted octanol–water partition coefficient (Wildman–Crippen LogP) is 0.790. The van der Waals surface area contributed by atoms with E-state index in [1.165, 1.54) is 6.07 Å². The molecule has 1 atom stereocenters. The number of halogens is 1. The van der Waals surface area contributed by atoms with E-state index < -0.39 is 11.9 Å². The molecule has 0 aliphatic heterocycles. The van der Waals surface area contributed by atoms with Crippen molar-refractivity contribution >= 4 is 5.69 Å². The highest BCUT2D eigenvalue weighted by Crippen LogP contribution is 2.21. The van der Waals surface area contributed by atoms with Crippen molar-refractivity contribution in [3.8, 4) is 0 Å². The minimum atomic E-state index is -0.492. The van der Waals surface area contributed by atoms with Crippen molar-refractivity contribution in [2.45, 2.75) is 12.5 Å². The first-order valence-electron chi connectivity index (χ1n) is 4.07. The summed E-state index contributed by atoms with van der Waals surface area (Å²) >= 11 is 0. The first-order valence-corrected chi connectivity index (χ1v) is 4.07. The number of anilines is 1. The van der Waals surface area contributed by atoms with Crippen LogP contribution in [0.1, 0.15) is 18.0 Å². The van der Waals surface area contributed by atoms with E-state index in [-0.39, 0.29) is 12.3 Å². The van der Waals surface area contributed by atoms with Crippen LogP contribution in [0.15, 0.2) is 18.2 Å². The zero-order valence-electron chi connectivity index (χ0n) is 7.20. The third-order valence-corrected chi connectivity index (χ3v) is 1.90. The van der Waals surface area contributed by atoms with Crippen LogP contribution in [-0.2, 0) is 0 Å². The molecular formula is C9H13FN2O. The van der Waals surface area contributed by atoms with Crippen LogP contribution in [0.2, 0.25) is 0 Å². The maximum Gasteiger partial charge on any atom is 0.150 e. The summed E-state index contributed by atoms with van der Waals surface area (Å²) in [6.45, 7) is -0.0601. The van der Waals surface area contributed by atoms with Crippen LogP contribution in [0.3, 0.4) is 0 Å². The number of nitrogen functional groups attached to an aromatic ring is 1. The number of benzene rings is 1. The summed E-state index contributed by atoms with van der Waals surface area (Å²) in [6.07, 6.45) is 0.334. The van der Waals surface area contributed by atoms with E-state index in [0.29, 0.717) is 12.0 Å². The van der Waals surface area contributed by atoms with Crippen LogP contribution < -0.4 is 11.5 Å². The van der Waals surface area contributed by atoms with Crippen molar-refractivity contribution in [3.63, 3.8) is 0 Å². The second kappa shape index (κ2) is 4.20. The second-order valence-corrected chi connectivity index (χ2v) is 2.87. The Balaban J connectivity index is 2.93. The van der Waals surface area contributed by atoms with E-state index in [2.05, 4.69) is 0 Å². The molecule has 1 aromatic rings. The van der Waals surface area contributed by atoms with Gasteiger partial charge in [-0.05, 0) is 12.5 Å². The molecule has 0 unspecified atom stereocenters. The van der Waals surface area contributed by atoms with E-state index in [0.717, 1.165) is 0 Å². The molecule has 5 N–H and O–H groups in total. The van der Waals surface area contributed by atoms with Crippen molar-refractivity contribution in [2.24, 2.45) is 5.73 Å². The fourth-order valence-corrected chi connectivity index (χ4v) is 1.15. The molecule has 0 amide bonds. The average Bonchev–Trinajstić information content (AvgIpc) is 2.10. The lowest BCUT2D eigenvalue weighted by Gasteiger charge is -2.12. The number of rotatable bonds is 3. The van der Waals surface area contributed by atoms with E-state index in [1.54, 1.807) is 12.1 Å². The Morgan fingerprint density at radius 1 is 1.46 bits per heavy atom. The molecule has 0 bridgehead atoms. The lowest BCUT2D eigenvalue weighted by atomic mass is 10.0. The van der Waals surface area contributed by atoms with Gasteiger partial charge in [0.05, 0.1) is 5.69 Å². The lowest BCUT2D eigenvalue weighted by Crippen LogP contribution is -2.14. The average molecular weight is 184 g/mol. The minimum absolute atomic E-state index is 0.0601. The SMILES string of the molecule is Nc1cccc([C@@H](N)CCO)c1F. The first kappa shape index (κ1) is 9.95. The molecule has 0 fully saturated rings. The van der Waals surface area contributed by atoms with Gasteiger partial charge in [-0.15, -0.1) is 0 Å². The largest absolute Gasteiger partial charge is 0.396 e. The van der Waals surface area contributed by atoms with E-state index in [4.69, 9.17) is 16.6 Å². The third kappa shape index (κ3) is 2.17. The number of nitrogens with two attached hydrogens (primary N) is 2. The van der Waals surface area contributed by atoms with E-state index in [9.17, 15) is 4.39 Å². The molecule has 0 saturated heterocycles. The maximum atomic E-state index is 13.3. The molecule has 72 valence electrons. The van der Waals surface area contributed by atoms with Crippen LogP contribution in [0.5, 0.6) is 0 Å². The normalized spacial score (nSPS) is 12.8. The van der Waals surface area contributed by atoms with Crippen molar-refractivity contribution in [3.05, 3.63) is 29.6 Å². The monoisotopic (exact) mass is 184 g/mol. The maximum absolute atomic E-state index is 13.3. The summed E-state index contributed by atoms with van der Waals surface area (Å²) in [5.74, 6) is -0.483. The second-order valence-electron chi connectivity index (χ2n) is 2.87. The van der Waals surface area contributed by atoms with E-state index >= 15 is 0 Å². The molecule has 0 radical (unpaired) electrons. The standard InChI is InChI=1S/C9H13FN2O/c10-9-6(7(11)4-5-13)2-1-3-8(9)12/h1-3,7,13H,4-5,11-12H2/t7-/m0/s1. The molecule has 13 heavy (non-hydrogen) atoms. The molecule has 0 aromatic heterocycles. The van der Waals surface area contributed by atoms with Gasteiger partial charge in [-0.1, -0.05) is 12.1 Å². The Bertz CT molecular complexity index is 291. The number of aliphatic hydroxyl groups is 1. The molecule has 0 aliphatic carbocycles. The van der Waals surface area contributed by atoms with Crippen molar-refractivity contribution in [2.75, 3.05) is 12.3 Å². The summed E-state index contributed by atoms with van der Waals surface area (Å²) in [5, 5.41) is 8.62. The molecule has 3 nitrogen and oxygen atoms in total. The highest BCUT2D eigenvalue weighted by Gasteiger charge is 2.12. The van der Waals surface area contributed by atoms with Gasteiger partial charge in [0, 0.05) is 18.2 Å². The molecule has 0 spiro atoms. The lowest BCUT2D eigenvalue weighted by molar-refractivity contribution is 0.275. The summed E-state index contributed by atoms with van der Waals surface area (Å²) in [6, 6.07) is 4.20. The van der Waals surface area contributed by atoms with Gasteiger partial charge in [0.1, 0.15) is 0 Å². The molecule has 1 aromatic carbocycles. The number of hydrogen-bond donors (Lipinski definition) is 3. The fraction of sp³-hybridized carbons (Fsp3) is 0.333. The van der Waals surface area contributed by atoms with Gasteiger partial charge < -0.3 is 16.6 Å². The summed E-state index contributed by atoms with van der Waals surface area (Å²) in [4.78, 5) is 0. The fourth-order valence-electron chi connectivity index (χ4n) is 1.15. The third-order valence-electron chi connectivity index (χ3n) is 1.90. The van der Waals surface area contributed by atoms with Gasteiger partial charge in [0.15, 0.2) is 5.82 Å². The zero-order valence-corrected chi connectivity index (χ0v) is 7.20. The first-order chi connectivity index (χ1) is 6.16. The Kier molecular flexibility index (Phi) is 3.22. The van der Waals surface area contributed by atoms with Crippen LogP contribution >= 0.6 is 0 Å². The number of aliphatic hydroxyl groups excluding tert-OH is 1. The van der Waals surface area contributed by atoms with Gasteiger partial charge >= 0.3 is 0 Å². The predicted molar refractivity (Wildman–Crippen MR) is 49.4 cm³/mol. The Labute approximate surface area is 76.2 Å². The van der Waals surface area contributed by atoms with Crippen LogP contribution in [0, 0.1) is 5.82 Å². The summed E-state index contributed by atoms with van der Waals surface area (Å²) in [5.41, 5.74) is 11.4. The van der Waals surface area contributed by atoms with Crippen LogP contribution in [0.4, 0.5) is 10.1 Å². The topological polar surface area (TPSA) is 72.3 Å². The Morgan fingerprint density at radius 2 is 2.15 bits per heavy atom. The molecular weight excluding hydrogens is 171 g/mol. The summed E-state index contributed by atoms with van der Waals surface area (Å²) < 4.78 is 13.3. The summed E-state index contributed by atoms with van der Waals surface area (Å²) in [7, 11) is 0. The quantitative estimate of drug-likeness (QED) is 0.608. The van der Waals surface area contributed by atoms with Gasteiger partial charge in [-0.25, -0.2) is 4.39 Å². The van der Waals surface area contributed by atoms with Crippen LogP contribution in [0.25, 0.3) is 0 Å². The van der Waals surface area contributed by atoms with Crippen molar-refractivity contribution in [1.29, 1.82) is 0 Å². The van der Waals surface area contributed by atoms with Crippen molar-refractivity contribution < 1.29 is 9.50 Å². The zero-order chi connectivity index (χ0) is 9.84. The van der Waals surface area contributed by atoms with Gasteiger partial charge in [-0.3, -0.25) is 0 Å². The smallest absolute Gasteiger partial charge is 0.150 e. The molecule has 1 rings (SSSR count). The Hall–Kier alpha value is -1.13. The molecule has 0 heterocycles. The highest BCUT2D eigenvalue weighted by atomic mass is 19.1. The molecule has 0 saturated carbocycles. The Morgan fingerprint density at radius 3 is 2.77 bits per heavy atom. The molecule has 4 heteroatoms.